The Balaban J connectivity index is 1.54. The number of carbonyl (C=O) groups is 1. The molecule has 0 spiro atoms. The van der Waals surface area contributed by atoms with Crippen molar-refractivity contribution in [2.45, 2.75) is 19.0 Å². The van der Waals surface area contributed by atoms with Crippen molar-refractivity contribution in [2.24, 2.45) is 7.05 Å². The summed E-state index contributed by atoms with van der Waals surface area (Å²) in [6.07, 6.45) is 0. The number of ether oxygens (including phenoxy) is 1. The first kappa shape index (κ1) is 20.9. The second-order valence-electron chi connectivity index (χ2n) is 7.23. The van der Waals surface area contributed by atoms with E-state index in [1.165, 1.54) is 11.8 Å². The van der Waals surface area contributed by atoms with Crippen molar-refractivity contribution in [2.75, 3.05) is 12.9 Å². The van der Waals surface area contributed by atoms with Crippen LogP contribution in [0.3, 0.4) is 0 Å². The number of thioether (sulfide) groups is 1. The third kappa shape index (κ3) is 4.01. The Hall–Kier alpha value is -3.32. The lowest BCUT2D eigenvalue weighted by Gasteiger charge is -2.09. The molecule has 0 aliphatic carbocycles. The number of para-hydroxylation sites is 2. The minimum Gasteiger partial charge on any atom is -0.496 e. The lowest BCUT2D eigenvalue weighted by Crippen LogP contribution is -2.06. The van der Waals surface area contributed by atoms with Crippen molar-refractivity contribution in [3.8, 4) is 22.8 Å². The number of benzene rings is 2. The molecule has 0 aliphatic rings. The lowest BCUT2D eigenvalue weighted by atomic mass is 10.2. The van der Waals surface area contributed by atoms with E-state index in [9.17, 15) is 4.79 Å². The maximum absolute atomic E-state index is 13.0. The fraction of sp³-hybridized carbons (Fsp3) is 0.208. The minimum absolute atomic E-state index is 0.0714. The van der Waals surface area contributed by atoms with Crippen molar-refractivity contribution in [1.29, 1.82) is 0 Å². The van der Waals surface area contributed by atoms with Crippen LogP contribution in [0, 0.1) is 13.8 Å². The van der Waals surface area contributed by atoms with E-state index in [4.69, 9.17) is 4.74 Å². The summed E-state index contributed by atoms with van der Waals surface area (Å²) in [6.45, 7) is 4.01. The van der Waals surface area contributed by atoms with Crippen LogP contribution in [0.5, 0.6) is 5.75 Å². The second-order valence-corrected chi connectivity index (χ2v) is 8.18. The molecule has 0 saturated carbocycles. The maximum Gasteiger partial charge on any atom is 0.191 e. The monoisotopic (exact) mass is 432 g/mol. The van der Waals surface area contributed by atoms with Gasteiger partial charge in [0.25, 0.3) is 0 Å². The normalized spacial score (nSPS) is 11.0. The summed E-state index contributed by atoms with van der Waals surface area (Å²) >= 11 is 1.39. The molecule has 0 aliphatic heterocycles. The molecule has 0 amide bonds. The van der Waals surface area contributed by atoms with Crippen molar-refractivity contribution in [3.63, 3.8) is 0 Å². The minimum atomic E-state index is 0.0714. The van der Waals surface area contributed by atoms with Gasteiger partial charge in [-0.25, -0.2) is 0 Å². The Morgan fingerprint density at radius 3 is 2.48 bits per heavy atom. The molecule has 0 radical (unpaired) electrons. The van der Waals surface area contributed by atoms with E-state index in [2.05, 4.69) is 14.8 Å². The Bertz CT molecular complexity index is 1230. The van der Waals surface area contributed by atoms with Crippen molar-refractivity contribution in [1.82, 2.24) is 19.3 Å². The van der Waals surface area contributed by atoms with E-state index in [-0.39, 0.29) is 11.5 Å². The smallest absolute Gasteiger partial charge is 0.191 e. The Morgan fingerprint density at radius 2 is 1.74 bits per heavy atom. The van der Waals surface area contributed by atoms with Crippen molar-refractivity contribution < 1.29 is 9.53 Å². The van der Waals surface area contributed by atoms with Gasteiger partial charge in [-0.15, -0.1) is 10.2 Å². The molecular weight excluding hydrogens is 408 g/mol. The largest absolute Gasteiger partial charge is 0.496 e. The molecule has 7 heteroatoms. The van der Waals surface area contributed by atoms with Crippen LogP contribution >= 0.6 is 11.8 Å². The van der Waals surface area contributed by atoms with Crippen molar-refractivity contribution in [3.05, 3.63) is 77.6 Å². The topological polar surface area (TPSA) is 61.9 Å². The maximum atomic E-state index is 13.0. The Kier molecular flexibility index (Phi) is 5.95. The zero-order chi connectivity index (χ0) is 22.0. The molecular formula is C24H24N4O2S. The molecule has 0 bridgehead atoms. The summed E-state index contributed by atoms with van der Waals surface area (Å²) in [5.41, 5.74) is 4.64. The van der Waals surface area contributed by atoms with E-state index in [0.717, 1.165) is 34.0 Å². The predicted molar refractivity (Wildman–Crippen MR) is 123 cm³/mol. The summed E-state index contributed by atoms with van der Waals surface area (Å²) in [5.74, 6) is 1.80. The summed E-state index contributed by atoms with van der Waals surface area (Å²) < 4.78 is 9.44. The highest BCUT2D eigenvalue weighted by atomic mass is 32.2. The SMILES string of the molecule is COc1ccccc1-c1nnc(SCC(=O)c2cc(C)n(-c3ccccc3)c2C)n1C. The number of aryl methyl sites for hydroxylation is 1. The second kappa shape index (κ2) is 8.81. The van der Waals surface area contributed by atoms with Gasteiger partial charge in [-0.2, -0.15) is 0 Å². The van der Waals surface area contributed by atoms with Crippen LogP contribution in [0.15, 0.2) is 65.8 Å². The van der Waals surface area contributed by atoms with Crippen LogP contribution in [0.2, 0.25) is 0 Å². The molecule has 0 N–H and O–H groups in total. The van der Waals surface area contributed by atoms with Crippen LogP contribution in [-0.4, -0.2) is 38.0 Å². The van der Waals surface area contributed by atoms with Gasteiger partial charge in [0.1, 0.15) is 5.75 Å². The number of hydrogen-bond donors (Lipinski definition) is 0. The van der Waals surface area contributed by atoms with Gasteiger partial charge >= 0.3 is 0 Å². The third-order valence-corrected chi connectivity index (χ3v) is 6.28. The molecule has 2 aromatic carbocycles. The summed E-state index contributed by atoms with van der Waals surface area (Å²) in [5, 5.41) is 9.29. The van der Waals surface area contributed by atoms with Gasteiger partial charge in [0.05, 0.1) is 18.4 Å². The zero-order valence-electron chi connectivity index (χ0n) is 18.0. The Morgan fingerprint density at radius 1 is 1.03 bits per heavy atom. The van der Waals surface area contributed by atoms with Crippen LogP contribution < -0.4 is 4.74 Å². The number of rotatable bonds is 7. The molecule has 4 rings (SSSR count). The number of ketones is 1. The van der Waals surface area contributed by atoms with Crippen LogP contribution in [0.25, 0.3) is 17.1 Å². The van der Waals surface area contributed by atoms with E-state index in [1.54, 1.807) is 7.11 Å². The molecule has 0 fully saturated rings. The molecule has 0 atom stereocenters. The molecule has 4 aromatic rings. The van der Waals surface area contributed by atoms with Crippen LogP contribution in [0.4, 0.5) is 0 Å². The van der Waals surface area contributed by atoms with Crippen molar-refractivity contribution >= 4 is 17.5 Å². The van der Waals surface area contributed by atoms with E-state index in [1.807, 2.05) is 86.1 Å². The van der Waals surface area contributed by atoms with Crippen LogP contribution in [-0.2, 0) is 7.05 Å². The van der Waals surface area contributed by atoms with Gasteiger partial charge in [-0.05, 0) is 44.2 Å². The fourth-order valence-corrected chi connectivity index (χ4v) is 4.53. The molecule has 2 aromatic heterocycles. The van der Waals surface area contributed by atoms with Gasteiger partial charge in [0.15, 0.2) is 16.8 Å². The van der Waals surface area contributed by atoms with Gasteiger partial charge in [0, 0.05) is 29.7 Å². The summed E-state index contributed by atoms with van der Waals surface area (Å²) in [6, 6.07) is 19.7. The third-order valence-electron chi connectivity index (χ3n) is 5.26. The zero-order valence-corrected chi connectivity index (χ0v) is 18.8. The predicted octanol–water partition coefficient (Wildman–Crippen LogP) is 4.87. The molecule has 2 heterocycles. The number of carbonyl (C=O) groups excluding carboxylic acids is 1. The van der Waals surface area contributed by atoms with Gasteiger partial charge in [-0.1, -0.05) is 42.1 Å². The summed E-state index contributed by atoms with van der Waals surface area (Å²) in [4.78, 5) is 13.0. The lowest BCUT2D eigenvalue weighted by molar-refractivity contribution is 0.102. The highest BCUT2D eigenvalue weighted by Crippen LogP contribution is 2.30. The van der Waals surface area contributed by atoms with Crippen LogP contribution in [0.1, 0.15) is 21.7 Å². The number of methoxy groups -OCH3 is 1. The van der Waals surface area contributed by atoms with E-state index in [0.29, 0.717) is 11.0 Å². The molecule has 158 valence electrons. The number of Topliss-reactive ketones (excluding diaryl/α,β-unsaturated/α-hetero) is 1. The summed E-state index contributed by atoms with van der Waals surface area (Å²) in [7, 11) is 3.53. The number of hydrogen-bond acceptors (Lipinski definition) is 5. The van der Waals surface area contributed by atoms with Gasteiger partial charge in [0.2, 0.25) is 0 Å². The van der Waals surface area contributed by atoms with E-state index >= 15 is 0 Å². The Labute approximate surface area is 185 Å². The molecule has 0 saturated heterocycles. The first-order valence-electron chi connectivity index (χ1n) is 9.94. The quantitative estimate of drug-likeness (QED) is 0.308. The highest BCUT2D eigenvalue weighted by Gasteiger charge is 2.19. The molecule has 0 unspecified atom stereocenters. The number of nitrogens with zero attached hydrogens (tertiary/aromatic N) is 4. The first-order chi connectivity index (χ1) is 15.0. The molecule has 31 heavy (non-hydrogen) atoms. The standard InChI is InChI=1S/C24H24N4O2S/c1-16-14-20(17(2)28(16)18-10-6-5-7-11-18)21(29)15-31-24-26-25-23(27(24)3)19-12-8-9-13-22(19)30-4/h5-14H,15H2,1-4H3. The average molecular weight is 433 g/mol. The van der Waals surface area contributed by atoms with E-state index < -0.39 is 0 Å². The molecule has 6 nitrogen and oxygen atoms in total. The first-order valence-corrected chi connectivity index (χ1v) is 10.9. The fourth-order valence-electron chi connectivity index (χ4n) is 3.73. The van der Waals surface area contributed by atoms with Gasteiger partial charge in [-0.3, -0.25) is 4.79 Å². The van der Waals surface area contributed by atoms with Gasteiger partial charge < -0.3 is 13.9 Å². The average Bonchev–Trinajstić information content (AvgIpc) is 3.31. The number of aromatic nitrogens is 4. The highest BCUT2D eigenvalue weighted by molar-refractivity contribution is 7.99.